The average Bonchev–Trinajstić information content (AvgIpc) is 2.70. The Kier molecular flexibility index (Phi) is 7.94. The van der Waals surface area contributed by atoms with Crippen molar-refractivity contribution in [3.8, 4) is 0 Å². The molecule has 29 heavy (non-hydrogen) atoms. The summed E-state index contributed by atoms with van der Waals surface area (Å²) in [5.41, 5.74) is 3.44. The van der Waals surface area contributed by atoms with Crippen molar-refractivity contribution < 1.29 is 19.3 Å². The summed E-state index contributed by atoms with van der Waals surface area (Å²) in [6, 6.07) is 6.32. The van der Waals surface area contributed by atoms with Crippen molar-refractivity contribution >= 4 is 17.9 Å². The van der Waals surface area contributed by atoms with Gasteiger partial charge in [-0.15, -0.1) is 0 Å². The summed E-state index contributed by atoms with van der Waals surface area (Å²) in [5, 5.41) is 18.5. The highest BCUT2D eigenvalue weighted by Gasteiger charge is 2.33. The summed E-state index contributed by atoms with van der Waals surface area (Å²) >= 11 is 0. The second-order valence-electron chi connectivity index (χ2n) is 6.77. The number of carbonyl (C=O) groups is 1. The highest BCUT2D eigenvalue weighted by molar-refractivity contribution is 5.93. The quantitative estimate of drug-likeness (QED) is 0.219. The molecule has 0 spiro atoms. The summed E-state index contributed by atoms with van der Waals surface area (Å²) in [6.07, 6.45) is 4.01. The lowest BCUT2D eigenvalue weighted by Gasteiger charge is -2.31. The van der Waals surface area contributed by atoms with Crippen LogP contribution in [-0.2, 0) is 14.4 Å². The van der Waals surface area contributed by atoms with Crippen LogP contribution in [0.1, 0.15) is 51.5 Å². The van der Waals surface area contributed by atoms with Gasteiger partial charge in [-0.1, -0.05) is 30.6 Å². The van der Waals surface area contributed by atoms with E-state index in [1.807, 2.05) is 6.92 Å². The lowest BCUT2D eigenvalue weighted by molar-refractivity contribution is -0.384. The first-order valence-corrected chi connectivity index (χ1v) is 9.54. The van der Waals surface area contributed by atoms with Crippen LogP contribution < -0.4 is 5.32 Å². The number of hydrogen-bond donors (Lipinski definition) is 1. The molecule has 0 amide bonds. The van der Waals surface area contributed by atoms with Crippen molar-refractivity contribution in [3.63, 3.8) is 0 Å². The normalized spacial score (nSPS) is 16.8. The predicted octanol–water partition coefficient (Wildman–Crippen LogP) is 4.20. The number of nitrogens with zero attached hydrogens (tertiary/aromatic N) is 2. The largest absolute Gasteiger partial charge is 0.466 e. The maximum atomic E-state index is 12.5. The van der Waals surface area contributed by atoms with Gasteiger partial charge in [-0.25, -0.2) is 4.79 Å². The maximum absolute atomic E-state index is 12.5. The lowest BCUT2D eigenvalue weighted by Crippen LogP contribution is -2.29. The van der Waals surface area contributed by atoms with E-state index in [9.17, 15) is 14.9 Å². The molecule has 1 atom stereocenters. The highest BCUT2D eigenvalue weighted by atomic mass is 16.6. The average molecular weight is 401 g/mol. The van der Waals surface area contributed by atoms with E-state index < -0.39 is 16.8 Å². The Balaban J connectivity index is 2.43. The van der Waals surface area contributed by atoms with Crippen LogP contribution in [0.3, 0.4) is 0 Å². The van der Waals surface area contributed by atoms with Gasteiger partial charge in [-0.3, -0.25) is 10.1 Å². The van der Waals surface area contributed by atoms with Crippen LogP contribution in [0, 0.1) is 10.1 Å². The number of allylic oxidation sites excluding steroid dienone is 3. The lowest BCUT2D eigenvalue weighted by atomic mass is 9.79. The summed E-state index contributed by atoms with van der Waals surface area (Å²) < 4.78 is 4.99. The van der Waals surface area contributed by atoms with Crippen LogP contribution in [0.4, 0.5) is 5.69 Å². The van der Waals surface area contributed by atoms with E-state index in [0.717, 1.165) is 24.1 Å². The number of rotatable bonds is 9. The van der Waals surface area contributed by atoms with Crippen LogP contribution in [0.2, 0.25) is 0 Å². The molecule has 1 aliphatic rings. The van der Waals surface area contributed by atoms with Crippen molar-refractivity contribution in [2.24, 2.45) is 5.16 Å². The summed E-state index contributed by atoms with van der Waals surface area (Å²) in [6.45, 7) is 6.31. The second-order valence-corrected chi connectivity index (χ2v) is 6.77. The van der Waals surface area contributed by atoms with Crippen LogP contribution >= 0.6 is 0 Å². The van der Waals surface area contributed by atoms with E-state index in [2.05, 4.69) is 17.4 Å². The van der Waals surface area contributed by atoms with Crippen molar-refractivity contribution in [3.05, 3.63) is 62.5 Å². The van der Waals surface area contributed by atoms with E-state index in [4.69, 9.17) is 9.57 Å². The highest BCUT2D eigenvalue weighted by Crippen LogP contribution is 2.40. The second kappa shape index (κ2) is 10.4. The monoisotopic (exact) mass is 401 g/mol. The molecule has 1 aromatic carbocycles. The number of dihydropyridines is 1. The number of esters is 1. The molecular weight excluding hydrogens is 374 g/mol. The maximum Gasteiger partial charge on any atom is 0.336 e. The fraction of sp³-hybridized carbons (Fsp3) is 0.429. The molecule has 1 heterocycles. The minimum atomic E-state index is -0.481. The number of non-ortho nitro benzene ring substituents is 1. The number of ether oxygens (including phenoxy) is 1. The van der Waals surface area contributed by atoms with Crippen molar-refractivity contribution in [1.29, 1.82) is 0 Å². The number of oxime groups is 1. The van der Waals surface area contributed by atoms with Gasteiger partial charge in [0.15, 0.2) is 0 Å². The Morgan fingerprint density at radius 1 is 1.34 bits per heavy atom. The van der Waals surface area contributed by atoms with Gasteiger partial charge in [0, 0.05) is 42.1 Å². The third-order valence-electron chi connectivity index (χ3n) is 4.77. The molecule has 0 saturated carbocycles. The number of nitro benzene ring substituents is 1. The molecule has 0 fully saturated rings. The van der Waals surface area contributed by atoms with Gasteiger partial charge in [-0.05, 0) is 31.4 Å². The molecule has 1 N–H and O–H groups in total. The van der Waals surface area contributed by atoms with Crippen LogP contribution in [0.25, 0.3) is 0 Å². The number of nitrogens with one attached hydrogen (secondary N) is 1. The minimum absolute atomic E-state index is 0.0310. The molecule has 8 heteroatoms. The topological polar surface area (TPSA) is 103 Å². The molecule has 0 saturated heterocycles. The first-order valence-electron chi connectivity index (χ1n) is 9.54. The van der Waals surface area contributed by atoms with Gasteiger partial charge < -0.3 is 14.9 Å². The molecule has 1 aliphatic heterocycles. The fourth-order valence-electron chi connectivity index (χ4n) is 3.32. The first kappa shape index (κ1) is 22.1. The summed E-state index contributed by atoms with van der Waals surface area (Å²) in [5.74, 6) is -0.960. The molecule has 2 rings (SSSR count). The van der Waals surface area contributed by atoms with E-state index >= 15 is 0 Å². The third kappa shape index (κ3) is 5.43. The standard InChI is InChI=1S/C21H27N3O5/c1-5-6-12-29-22-11-10-18-14(2)23-15(3)19(21(25)28-4)20(18)16-8-7-9-17(13-16)24(26)27/h7-9,11,13,20,23H,5-6,10,12H2,1-4H3. The number of hydrogen-bond acceptors (Lipinski definition) is 7. The minimum Gasteiger partial charge on any atom is -0.466 e. The molecule has 0 radical (unpaired) electrons. The third-order valence-corrected chi connectivity index (χ3v) is 4.77. The molecule has 156 valence electrons. The van der Waals surface area contributed by atoms with E-state index in [1.54, 1.807) is 25.3 Å². The Morgan fingerprint density at radius 2 is 2.10 bits per heavy atom. The molecular formula is C21H27N3O5. The van der Waals surface area contributed by atoms with Crippen LogP contribution in [0.5, 0.6) is 0 Å². The van der Waals surface area contributed by atoms with Crippen LogP contribution in [0.15, 0.2) is 52.0 Å². The van der Waals surface area contributed by atoms with Crippen molar-refractivity contribution in [2.75, 3.05) is 13.7 Å². The predicted molar refractivity (Wildman–Crippen MR) is 110 cm³/mol. The number of carbonyl (C=O) groups excluding carboxylic acids is 1. The smallest absolute Gasteiger partial charge is 0.336 e. The van der Waals surface area contributed by atoms with E-state index in [0.29, 0.717) is 29.9 Å². The first-order chi connectivity index (χ1) is 13.9. The zero-order valence-corrected chi connectivity index (χ0v) is 17.2. The van der Waals surface area contributed by atoms with Gasteiger partial charge >= 0.3 is 5.97 Å². The summed E-state index contributed by atoms with van der Waals surface area (Å²) in [7, 11) is 1.32. The zero-order chi connectivity index (χ0) is 21.4. The Hall–Kier alpha value is -3.16. The van der Waals surface area contributed by atoms with Gasteiger partial charge in [0.25, 0.3) is 5.69 Å². The van der Waals surface area contributed by atoms with E-state index in [-0.39, 0.29) is 5.69 Å². The van der Waals surface area contributed by atoms with Crippen molar-refractivity contribution in [2.45, 2.75) is 46.0 Å². The van der Waals surface area contributed by atoms with Gasteiger partial charge in [0.05, 0.1) is 17.6 Å². The SMILES string of the molecule is CCCCON=CCC1=C(C)NC(C)=C(C(=O)OC)C1c1cccc([N+](=O)[O-])c1. The fourth-order valence-corrected chi connectivity index (χ4v) is 3.32. The molecule has 0 aliphatic carbocycles. The van der Waals surface area contributed by atoms with Crippen LogP contribution in [-0.4, -0.2) is 30.8 Å². The summed E-state index contributed by atoms with van der Waals surface area (Å²) in [4.78, 5) is 28.6. The molecule has 8 nitrogen and oxygen atoms in total. The van der Waals surface area contributed by atoms with Gasteiger partial charge in [0.2, 0.25) is 0 Å². The number of nitro groups is 1. The Labute approximate surface area is 170 Å². The van der Waals surface area contributed by atoms with Gasteiger partial charge in [-0.2, -0.15) is 0 Å². The Morgan fingerprint density at radius 3 is 2.76 bits per heavy atom. The molecule has 1 aromatic rings. The zero-order valence-electron chi connectivity index (χ0n) is 17.2. The van der Waals surface area contributed by atoms with Gasteiger partial charge in [0.1, 0.15) is 6.61 Å². The Bertz CT molecular complexity index is 858. The number of methoxy groups -OCH3 is 1. The molecule has 0 bridgehead atoms. The number of unbranched alkanes of at least 4 members (excludes halogenated alkanes) is 1. The van der Waals surface area contributed by atoms with E-state index in [1.165, 1.54) is 19.2 Å². The number of benzene rings is 1. The molecule has 0 aromatic heterocycles. The van der Waals surface area contributed by atoms with Crippen molar-refractivity contribution in [1.82, 2.24) is 5.32 Å². The molecule has 1 unspecified atom stereocenters.